The van der Waals surface area contributed by atoms with E-state index in [0.29, 0.717) is 18.9 Å². The summed E-state index contributed by atoms with van der Waals surface area (Å²) in [5, 5.41) is 9.58. The third-order valence-electron chi connectivity index (χ3n) is 4.09. The molecule has 1 aliphatic carbocycles. The SMILES string of the molecule is CCC1CCCC(CCOC(C)(C)C)(C(=O)O)C1. The Morgan fingerprint density at radius 1 is 1.44 bits per heavy atom. The van der Waals surface area contributed by atoms with Crippen molar-refractivity contribution in [1.29, 1.82) is 0 Å². The first-order chi connectivity index (χ1) is 8.29. The van der Waals surface area contributed by atoms with Gasteiger partial charge in [-0.05, 0) is 46.0 Å². The molecule has 1 rings (SSSR count). The molecule has 0 saturated heterocycles. The van der Waals surface area contributed by atoms with Crippen LogP contribution in [-0.4, -0.2) is 23.3 Å². The number of carboxylic acids is 1. The maximum atomic E-state index is 11.6. The van der Waals surface area contributed by atoms with Gasteiger partial charge in [-0.3, -0.25) is 4.79 Å². The van der Waals surface area contributed by atoms with Gasteiger partial charge in [0.25, 0.3) is 0 Å². The maximum absolute atomic E-state index is 11.6. The third-order valence-corrected chi connectivity index (χ3v) is 4.09. The van der Waals surface area contributed by atoms with Crippen molar-refractivity contribution >= 4 is 5.97 Å². The summed E-state index contributed by atoms with van der Waals surface area (Å²) in [6.07, 6.45) is 5.61. The van der Waals surface area contributed by atoms with E-state index >= 15 is 0 Å². The highest BCUT2D eigenvalue weighted by molar-refractivity contribution is 5.74. The number of aliphatic carboxylic acids is 1. The van der Waals surface area contributed by atoms with E-state index in [1.54, 1.807) is 0 Å². The molecule has 0 aliphatic heterocycles. The lowest BCUT2D eigenvalue weighted by atomic mass is 9.67. The molecular weight excluding hydrogens is 228 g/mol. The molecule has 0 bridgehead atoms. The average molecular weight is 256 g/mol. The van der Waals surface area contributed by atoms with E-state index in [1.165, 1.54) is 6.42 Å². The van der Waals surface area contributed by atoms with Crippen LogP contribution in [0.5, 0.6) is 0 Å². The predicted molar refractivity (Wildman–Crippen MR) is 72.6 cm³/mol. The van der Waals surface area contributed by atoms with Gasteiger partial charge in [0, 0.05) is 6.61 Å². The normalized spacial score (nSPS) is 29.2. The molecule has 1 aliphatic rings. The number of hydrogen-bond donors (Lipinski definition) is 1. The van der Waals surface area contributed by atoms with Crippen molar-refractivity contribution in [3.8, 4) is 0 Å². The minimum atomic E-state index is -0.627. The minimum absolute atomic E-state index is 0.182. The quantitative estimate of drug-likeness (QED) is 0.812. The Morgan fingerprint density at radius 3 is 2.61 bits per heavy atom. The second kappa shape index (κ2) is 6.05. The second-order valence-corrected chi connectivity index (χ2v) is 6.67. The number of ether oxygens (including phenoxy) is 1. The molecule has 1 fully saturated rings. The van der Waals surface area contributed by atoms with E-state index in [2.05, 4.69) is 6.92 Å². The topological polar surface area (TPSA) is 46.5 Å². The van der Waals surface area contributed by atoms with Crippen LogP contribution in [0.3, 0.4) is 0 Å². The van der Waals surface area contributed by atoms with Gasteiger partial charge in [0.15, 0.2) is 0 Å². The van der Waals surface area contributed by atoms with E-state index in [0.717, 1.165) is 25.7 Å². The zero-order chi connectivity index (χ0) is 13.8. The first-order valence-electron chi connectivity index (χ1n) is 7.16. The summed E-state index contributed by atoms with van der Waals surface area (Å²) >= 11 is 0. The molecule has 3 heteroatoms. The second-order valence-electron chi connectivity index (χ2n) is 6.67. The van der Waals surface area contributed by atoms with Crippen LogP contribution in [0.4, 0.5) is 0 Å². The van der Waals surface area contributed by atoms with Gasteiger partial charge < -0.3 is 9.84 Å². The average Bonchev–Trinajstić information content (AvgIpc) is 2.27. The smallest absolute Gasteiger partial charge is 0.309 e. The third kappa shape index (κ3) is 4.27. The van der Waals surface area contributed by atoms with Gasteiger partial charge in [-0.2, -0.15) is 0 Å². The van der Waals surface area contributed by atoms with Crippen molar-refractivity contribution in [2.24, 2.45) is 11.3 Å². The number of rotatable bonds is 5. The molecule has 1 N–H and O–H groups in total. The van der Waals surface area contributed by atoms with Gasteiger partial charge >= 0.3 is 5.97 Å². The summed E-state index contributed by atoms with van der Waals surface area (Å²) < 4.78 is 5.71. The molecule has 0 aromatic heterocycles. The van der Waals surface area contributed by atoms with Crippen LogP contribution in [0.2, 0.25) is 0 Å². The molecule has 0 amide bonds. The molecule has 18 heavy (non-hydrogen) atoms. The minimum Gasteiger partial charge on any atom is -0.481 e. The fourth-order valence-corrected chi connectivity index (χ4v) is 2.92. The molecule has 2 atom stereocenters. The van der Waals surface area contributed by atoms with E-state index in [9.17, 15) is 9.90 Å². The van der Waals surface area contributed by atoms with Crippen LogP contribution >= 0.6 is 0 Å². The number of hydrogen-bond acceptors (Lipinski definition) is 2. The molecule has 0 radical (unpaired) electrons. The lowest BCUT2D eigenvalue weighted by Gasteiger charge is -2.38. The van der Waals surface area contributed by atoms with Crippen molar-refractivity contribution < 1.29 is 14.6 Å². The zero-order valence-corrected chi connectivity index (χ0v) is 12.3. The highest BCUT2D eigenvalue weighted by Crippen LogP contribution is 2.43. The molecule has 3 nitrogen and oxygen atoms in total. The Hall–Kier alpha value is -0.570. The Bertz CT molecular complexity index is 280. The highest BCUT2D eigenvalue weighted by atomic mass is 16.5. The molecule has 106 valence electrons. The summed E-state index contributed by atoms with van der Waals surface area (Å²) in [5.74, 6) is -0.0531. The summed E-state index contributed by atoms with van der Waals surface area (Å²) in [7, 11) is 0. The lowest BCUT2D eigenvalue weighted by Crippen LogP contribution is -2.38. The van der Waals surface area contributed by atoms with Gasteiger partial charge in [-0.15, -0.1) is 0 Å². The van der Waals surface area contributed by atoms with Gasteiger partial charge in [-0.25, -0.2) is 0 Å². The Labute approximate surface area is 111 Å². The first kappa shape index (κ1) is 15.5. The van der Waals surface area contributed by atoms with Crippen molar-refractivity contribution in [2.75, 3.05) is 6.61 Å². The van der Waals surface area contributed by atoms with Crippen LogP contribution in [0, 0.1) is 11.3 Å². The van der Waals surface area contributed by atoms with Crippen molar-refractivity contribution in [3.63, 3.8) is 0 Å². The molecule has 0 aromatic rings. The Morgan fingerprint density at radius 2 is 2.11 bits per heavy atom. The molecule has 0 aromatic carbocycles. The number of carbonyl (C=O) groups is 1. The van der Waals surface area contributed by atoms with Crippen molar-refractivity contribution in [2.45, 2.75) is 71.8 Å². The molecule has 1 saturated carbocycles. The van der Waals surface area contributed by atoms with Crippen LogP contribution < -0.4 is 0 Å². The Kier molecular flexibility index (Phi) is 5.20. The lowest BCUT2D eigenvalue weighted by molar-refractivity contribution is -0.155. The van der Waals surface area contributed by atoms with Crippen molar-refractivity contribution in [1.82, 2.24) is 0 Å². The standard InChI is InChI=1S/C15H28O3/c1-5-12-7-6-8-15(11-12,13(16)17)9-10-18-14(2,3)4/h12H,5-11H2,1-4H3,(H,16,17). The molecule has 0 heterocycles. The van der Waals surface area contributed by atoms with Crippen LogP contribution in [0.1, 0.15) is 66.2 Å². The van der Waals surface area contributed by atoms with Crippen molar-refractivity contribution in [3.05, 3.63) is 0 Å². The molecule has 0 spiro atoms. The van der Waals surface area contributed by atoms with Gasteiger partial charge in [-0.1, -0.05) is 26.2 Å². The summed E-state index contributed by atoms with van der Waals surface area (Å²) in [5.41, 5.74) is -0.720. The summed E-state index contributed by atoms with van der Waals surface area (Å²) in [6.45, 7) is 8.74. The van der Waals surface area contributed by atoms with E-state index in [1.807, 2.05) is 20.8 Å². The number of carboxylic acid groups (broad SMARTS) is 1. The van der Waals surface area contributed by atoms with Gasteiger partial charge in [0.1, 0.15) is 0 Å². The summed E-state index contributed by atoms with van der Waals surface area (Å²) in [4.78, 5) is 11.6. The van der Waals surface area contributed by atoms with E-state index < -0.39 is 11.4 Å². The monoisotopic (exact) mass is 256 g/mol. The van der Waals surface area contributed by atoms with Crippen LogP contribution in [0.15, 0.2) is 0 Å². The fourth-order valence-electron chi connectivity index (χ4n) is 2.92. The predicted octanol–water partition coefficient (Wildman–Crippen LogP) is 3.86. The fraction of sp³-hybridized carbons (Fsp3) is 0.933. The van der Waals surface area contributed by atoms with Gasteiger partial charge in [0.2, 0.25) is 0 Å². The first-order valence-corrected chi connectivity index (χ1v) is 7.16. The molecule has 2 unspecified atom stereocenters. The molecular formula is C15H28O3. The highest BCUT2D eigenvalue weighted by Gasteiger charge is 2.42. The largest absolute Gasteiger partial charge is 0.481 e. The van der Waals surface area contributed by atoms with Crippen LogP contribution in [0.25, 0.3) is 0 Å². The zero-order valence-electron chi connectivity index (χ0n) is 12.3. The van der Waals surface area contributed by atoms with E-state index in [-0.39, 0.29) is 5.60 Å². The van der Waals surface area contributed by atoms with Crippen LogP contribution in [-0.2, 0) is 9.53 Å². The van der Waals surface area contributed by atoms with E-state index in [4.69, 9.17) is 4.74 Å². The Balaban J connectivity index is 2.60. The van der Waals surface area contributed by atoms with Gasteiger partial charge in [0.05, 0.1) is 11.0 Å². The summed E-state index contributed by atoms with van der Waals surface area (Å²) in [6, 6.07) is 0. The maximum Gasteiger partial charge on any atom is 0.309 e.